The molecule has 0 radical (unpaired) electrons. The first-order valence-electron chi connectivity index (χ1n) is 6.84. The van der Waals surface area contributed by atoms with Crippen molar-refractivity contribution in [2.75, 3.05) is 25.0 Å². The van der Waals surface area contributed by atoms with E-state index in [0.717, 1.165) is 12.8 Å². The number of anilines is 1. The molecule has 0 saturated carbocycles. The van der Waals surface area contributed by atoms with Gasteiger partial charge in [-0.1, -0.05) is 42.6 Å². The molecule has 0 atom stereocenters. The predicted octanol–water partition coefficient (Wildman–Crippen LogP) is 3.60. The van der Waals surface area contributed by atoms with E-state index in [1.165, 1.54) is 11.8 Å². The zero-order chi connectivity index (χ0) is 16.0. The lowest BCUT2D eigenvalue weighted by molar-refractivity contribution is -0.130. The van der Waals surface area contributed by atoms with Gasteiger partial charge in [-0.15, -0.1) is 0 Å². The third kappa shape index (κ3) is 4.90. The molecular weight excluding hydrogens is 311 g/mol. The second kappa shape index (κ2) is 8.25. The number of nitrogens with zero attached hydrogens (tertiary/aromatic N) is 2. The van der Waals surface area contributed by atoms with Gasteiger partial charge in [0.15, 0.2) is 0 Å². The number of hydrogen-bond donors (Lipinski definition) is 0. The lowest BCUT2D eigenvalue weighted by Crippen LogP contribution is -2.41. The molecule has 0 aliphatic carbocycles. The van der Waals surface area contributed by atoms with Gasteiger partial charge in [-0.05, 0) is 18.6 Å². The minimum Gasteiger partial charge on any atom is -0.344 e. The number of carbonyl (C=O) groups excluding carboxylic acids is 2. The Morgan fingerprint density at radius 1 is 1.19 bits per heavy atom. The SMILES string of the molecule is CCCCN(C)C(=O)CN(C(C)=O)c1c(Cl)cccc1Cl. The molecule has 1 aromatic carbocycles. The molecule has 0 N–H and O–H groups in total. The number of carbonyl (C=O) groups is 2. The highest BCUT2D eigenvalue weighted by molar-refractivity contribution is 6.40. The third-order valence-corrected chi connectivity index (χ3v) is 3.76. The van der Waals surface area contributed by atoms with Crippen molar-refractivity contribution in [1.82, 2.24) is 4.90 Å². The molecule has 1 aromatic rings. The molecule has 116 valence electrons. The second-order valence-corrected chi connectivity index (χ2v) is 5.66. The number of unbranched alkanes of at least 4 members (excludes halogenated alkanes) is 1. The van der Waals surface area contributed by atoms with Crippen LogP contribution in [0.4, 0.5) is 5.69 Å². The van der Waals surface area contributed by atoms with Gasteiger partial charge in [-0.25, -0.2) is 0 Å². The summed E-state index contributed by atoms with van der Waals surface area (Å²) < 4.78 is 0. The van der Waals surface area contributed by atoms with Gasteiger partial charge in [-0.3, -0.25) is 9.59 Å². The molecule has 0 saturated heterocycles. The van der Waals surface area contributed by atoms with Crippen LogP contribution in [-0.4, -0.2) is 36.9 Å². The fraction of sp³-hybridized carbons (Fsp3) is 0.467. The highest BCUT2D eigenvalue weighted by atomic mass is 35.5. The molecule has 4 nitrogen and oxygen atoms in total. The smallest absolute Gasteiger partial charge is 0.242 e. The van der Waals surface area contributed by atoms with Crippen LogP contribution in [0.3, 0.4) is 0 Å². The highest BCUT2D eigenvalue weighted by Crippen LogP contribution is 2.33. The summed E-state index contributed by atoms with van der Waals surface area (Å²) in [5, 5.41) is 0.698. The molecule has 2 amide bonds. The Bertz CT molecular complexity index is 500. The number of halogens is 2. The fourth-order valence-electron chi connectivity index (χ4n) is 1.87. The molecular formula is C15H20Cl2N2O2. The summed E-state index contributed by atoms with van der Waals surface area (Å²) >= 11 is 12.2. The van der Waals surface area contributed by atoms with Gasteiger partial charge in [0.2, 0.25) is 11.8 Å². The molecule has 0 unspecified atom stereocenters. The van der Waals surface area contributed by atoms with Crippen molar-refractivity contribution in [2.45, 2.75) is 26.7 Å². The van der Waals surface area contributed by atoms with E-state index in [4.69, 9.17) is 23.2 Å². The fourth-order valence-corrected chi connectivity index (χ4v) is 2.47. The van der Waals surface area contributed by atoms with Crippen molar-refractivity contribution >= 4 is 40.7 Å². The summed E-state index contributed by atoms with van der Waals surface area (Å²) in [5.74, 6) is -0.420. The topological polar surface area (TPSA) is 40.6 Å². The zero-order valence-corrected chi connectivity index (χ0v) is 14.0. The monoisotopic (exact) mass is 330 g/mol. The number of benzene rings is 1. The number of amides is 2. The van der Waals surface area contributed by atoms with Crippen LogP contribution in [0.1, 0.15) is 26.7 Å². The van der Waals surface area contributed by atoms with E-state index in [9.17, 15) is 9.59 Å². The first-order valence-corrected chi connectivity index (χ1v) is 7.60. The Morgan fingerprint density at radius 3 is 2.24 bits per heavy atom. The van der Waals surface area contributed by atoms with Crippen LogP contribution >= 0.6 is 23.2 Å². The van der Waals surface area contributed by atoms with Crippen molar-refractivity contribution in [1.29, 1.82) is 0 Å². The highest BCUT2D eigenvalue weighted by Gasteiger charge is 2.22. The maximum atomic E-state index is 12.2. The Hall–Kier alpha value is -1.26. The van der Waals surface area contributed by atoms with Crippen molar-refractivity contribution in [3.63, 3.8) is 0 Å². The molecule has 0 aromatic heterocycles. The summed E-state index contributed by atoms with van der Waals surface area (Å²) in [6.07, 6.45) is 1.93. The minimum atomic E-state index is -0.276. The van der Waals surface area contributed by atoms with Gasteiger partial charge in [-0.2, -0.15) is 0 Å². The average molecular weight is 331 g/mol. The van der Waals surface area contributed by atoms with E-state index in [1.807, 2.05) is 0 Å². The average Bonchev–Trinajstić information content (AvgIpc) is 2.42. The first-order chi connectivity index (χ1) is 9.88. The van der Waals surface area contributed by atoms with E-state index < -0.39 is 0 Å². The van der Waals surface area contributed by atoms with Gasteiger partial charge in [0.05, 0.1) is 15.7 Å². The molecule has 0 heterocycles. The number of rotatable bonds is 6. The van der Waals surface area contributed by atoms with Gasteiger partial charge >= 0.3 is 0 Å². The number of likely N-dealkylation sites (N-methyl/N-ethyl adjacent to an activating group) is 1. The van der Waals surface area contributed by atoms with Crippen LogP contribution < -0.4 is 4.90 Å². The second-order valence-electron chi connectivity index (χ2n) is 4.84. The van der Waals surface area contributed by atoms with Crippen LogP contribution in [0.15, 0.2) is 18.2 Å². The standard InChI is InChI=1S/C15H20Cl2N2O2/c1-4-5-9-18(3)14(21)10-19(11(2)20)15-12(16)7-6-8-13(15)17/h6-8H,4-5,9-10H2,1-3H3. The molecule has 0 aliphatic heterocycles. The van der Waals surface area contributed by atoms with Gasteiger partial charge < -0.3 is 9.80 Å². The van der Waals surface area contributed by atoms with Crippen molar-refractivity contribution in [3.05, 3.63) is 28.2 Å². The Balaban J connectivity index is 2.94. The predicted molar refractivity (Wildman–Crippen MR) is 87.0 cm³/mol. The number of hydrogen-bond acceptors (Lipinski definition) is 2. The molecule has 0 bridgehead atoms. The Morgan fingerprint density at radius 2 is 1.76 bits per heavy atom. The molecule has 6 heteroatoms. The maximum absolute atomic E-state index is 12.2. The van der Waals surface area contributed by atoms with E-state index in [0.29, 0.717) is 22.3 Å². The van der Waals surface area contributed by atoms with Gasteiger partial charge in [0.25, 0.3) is 0 Å². The number of para-hydroxylation sites is 1. The van der Waals surface area contributed by atoms with Crippen LogP contribution in [0.2, 0.25) is 10.0 Å². The van der Waals surface area contributed by atoms with Crippen molar-refractivity contribution in [3.8, 4) is 0 Å². The molecule has 0 fully saturated rings. The lowest BCUT2D eigenvalue weighted by Gasteiger charge is -2.25. The summed E-state index contributed by atoms with van der Waals surface area (Å²) in [7, 11) is 1.73. The van der Waals surface area contributed by atoms with E-state index >= 15 is 0 Å². The summed E-state index contributed by atoms with van der Waals surface area (Å²) in [6, 6.07) is 4.98. The Kier molecular flexibility index (Phi) is 6.99. The van der Waals surface area contributed by atoms with Crippen LogP contribution in [0.5, 0.6) is 0 Å². The molecule has 0 aliphatic rings. The summed E-state index contributed by atoms with van der Waals surface area (Å²) in [4.78, 5) is 27.0. The minimum absolute atomic E-state index is 0.0704. The maximum Gasteiger partial charge on any atom is 0.242 e. The first kappa shape index (κ1) is 17.8. The Labute approximate surface area is 135 Å². The zero-order valence-electron chi connectivity index (χ0n) is 12.5. The normalized spacial score (nSPS) is 10.3. The van der Waals surface area contributed by atoms with Crippen LogP contribution in [0.25, 0.3) is 0 Å². The van der Waals surface area contributed by atoms with E-state index in [-0.39, 0.29) is 18.4 Å². The van der Waals surface area contributed by atoms with Gasteiger partial charge in [0.1, 0.15) is 6.54 Å². The largest absolute Gasteiger partial charge is 0.344 e. The van der Waals surface area contributed by atoms with E-state index in [2.05, 4.69) is 6.92 Å². The third-order valence-electron chi connectivity index (χ3n) is 3.15. The van der Waals surface area contributed by atoms with Gasteiger partial charge in [0, 0.05) is 20.5 Å². The van der Waals surface area contributed by atoms with Crippen molar-refractivity contribution in [2.24, 2.45) is 0 Å². The summed E-state index contributed by atoms with van der Waals surface area (Å²) in [5.41, 5.74) is 0.380. The quantitative estimate of drug-likeness (QED) is 0.799. The molecule has 0 spiro atoms. The van der Waals surface area contributed by atoms with Crippen LogP contribution in [0, 0.1) is 0 Å². The van der Waals surface area contributed by atoms with Crippen LogP contribution in [-0.2, 0) is 9.59 Å². The lowest BCUT2D eigenvalue weighted by atomic mass is 10.2. The summed E-state index contributed by atoms with van der Waals surface area (Å²) in [6.45, 7) is 4.04. The molecule has 1 rings (SSSR count). The van der Waals surface area contributed by atoms with Crippen molar-refractivity contribution < 1.29 is 9.59 Å². The molecule has 21 heavy (non-hydrogen) atoms. The van der Waals surface area contributed by atoms with E-state index in [1.54, 1.807) is 30.1 Å².